The van der Waals surface area contributed by atoms with Gasteiger partial charge in [-0.1, -0.05) is 158 Å². The van der Waals surface area contributed by atoms with Crippen molar-refractivity contribution in [2.45, 2.75) is 0 Å². The van der Waals surface area contributed by atoms with Crippen molar-refractivity contribution < 1.29 is 12.3 Å². The largest absolute Gasteiger partial charge is 0.309 e. The van der Waals surface area contributed by atoms with Gasteiger partial charge in [-0.2, -0.15) is 0 Å². The van der Waals surface area contributed by atoms with Gasteiger partial charge in [-0.3, -0.25) is 0 Å². The van der Waals surface area contributed by atoms with E-state index in [9.17, 15) is 1.37 Å². The van der Waals surface area contributed by atoms with Crippen LogP contribution in [0.4, 0.5) is 0 Å². The van der Waals surface area contributed by atoms with Crippen LogP contribution < -0.4 is 0 Å². The maximum atomic E-state index is 9.18. The molecule has 0 saturated heterocycles. The van der Waals surface area contributed by atoms with Crippen LogP contribution in [0.15, 0.2) is 194 Å². The summed E-state index contributed by atoms with van der Waals surface area (Å²) in [6, 6.07) is 41.6. The molecule has 0 bridgehead atoms. The Labute approximate surface area is 340 Å². The molecule has 0 saturated carbocycles. The first-order valence-electron chi connectivity index (χ1n) is 22.5. The molecule has 11 rings (SSSR count). The summed E-state index contributed by atoms with van der Waals surface area (Å²) in [5, 5.41) is 3.08. The fourth-order valence-electron chi connectivity index (χ4n) is 7.45. The van der Waals surface area contributed by atoms with Crippen LogP contribution in [0.2, 0.25) is 0 Å². The minimum atomic E-state index is -0.504. The van der Waals surface area contributed by atoms with Gasteiger partial charge in [0.15, 0.2) is 17.5 Å². The molecule has 0 unspecified atom stereocenters. The van der Waals surface area contributed by atoms with Gasteiger partial charge in [0, 0.05) is 53.2 Å². The van der Waals surface area contributed by atoms with Gasteiger partial charge >= 0.3 is 0 Å². The summed E-state index contributed by atoms with van der Waals surface area (Å²) in [6.07, 6.45) is 0. The lowest BCUT2D eigenvalue weighted by atomic mass is 10.0. The zero-order valence-electron chi connectivity index (χ0n) is 38.5. The van der Waals surface area contributed by atoms with Crippen molar-refractivity contribution in [2.24, 2.45) is 0 Å². The third-order valence-corrected chi connectivity index (χ3v) is 11.2. The highest BCUT2D eigenvalue weighted by Gasteiger charge is 2.18. The fourth-order valence-corrected chi connectivity index (χ4v) is 8.59. The molecule has 0 aliphatic carbocycles. The van der Waals surface area contributed by atoms with Crippen LogP contribution in [0.3, 0.4) is 0 Å². The van der Waals surface area contributed by atoms with E-state index in [-0.39, 0.29) is 40.6 Å². The summed E-state index contributed by atoms with van der Waals surface area (Å²) < 4.78 is 81.7. The van der Waals surface area contributed by atoms with E-state index < -0.39 is 30.2 Å². The highest BCUT2D eigenvalue weighted by molar-refractivity contribution is 7.25. The second-order valence-electron chi connectivity index (χ2n) is 13.4. The van der Waals surface area contributed by atoms with Crippen LogP contribution in [0.25, 0.3) is 104 Å². The van der Waals surface area contributed by atoms with Crippen LogP contribution in [0.5, 0.6) is 0 Å². The fraction of sp³-hybridized carbons (Fsp3) is 0. The van der Waals surface area contributed by atoms with Crippen molar-refractivity contribution >= 4 is 53.3 Å². The first-order valence-corrected chi connectivity index (χ1v) is 18.9. The molecule has 0 N–H and O–H groups in total. The molecular formula is C51H32N4S. The minimum Gasteiger partial charge on any atom is -0.309 e. The number of rotatable bonds is 6. The average molecular weight is 742 g/mol. The minimum absolute atomic E-state index is 0.00132. The molecule has 0 spiro atoms. The van der Waals surface area contributed by atoms with Gasteiger partial charge in [0.05, 0.1) is 29.1 Å². The number of hydrogen-bond acceptors (Lipinski definition) is 4. The number of para-hydroxylation sites is 2. The maximum Gasteiger partial charge on any atom is 0.164 e. The normalized spacial score (nSPS) is 13.8. The van der Waals surface area contributed by atoms with E-state index >= 15 is 0 Å². The van der Waals surface area contributed by atoms with Crippen molar-refractivity contribution in [3.8, 4) is 62.1 Å². The third kappa shape index (κ3) is 5.48. The lowest BCUT2D eigenvalue weighted by Crippen LogP contribution is -2.00. The van der Waals surface area contributed by atoms with Crippen molar-refractivity contribution in [3.05, 3.63) is 194 Å². The predicted molar refractivity (Wildman–Crippen MR) is 234 cm³/mol. The van der Waals surface area contributed by atoms with Gasteiger partial charge in [-0.25, -0.2) is 15.0 Å². The van der Waals surface area contributed by atoms with Crippen molar-refractivity contribution in [1.82, 2.24) is 19.5 Å². The molecule has 3 heterocycles. The topological polar surface area (TPSA) is 43.6 Å². The summed E-state index contributed by atoms with van der Waals surface area (Å²) in [5.74, 6) is 1.59. The van der Waals surface area contributed by atoms with Gasteiger partial charge in [-0.05, 0) is 53.1 Å². The molecule has 56 heavy (non-hydrogen) atoms. The Bertz CT molecular complexity index is 3750. The Balaban J connectivity index is 1.05. The number of thiophene rings is 1. The van der Waals surface area contributed by atoms with E-state index in [1.165, 1.54) is 15.5 Å². The second kappa shape index (κ2) is 13.3. The average Bonchev–Trinajstić information content (AvgIpc) is 3.89. The monoisotopic (exact) mass is 741 g/mol. The number of benzene rings is 8. The molecule has 0 fully saturated rings. The third-order valence-electron chi connectivity index (χ3n) is 10.1. The molecule has 0 amide bonds. The number of nitrogens with zero attached hydrogens (tertiary/aromatic N) is 4. The summed E-state index contributed by atoms with van der Waals surface area (Å²) in [6.45, 7) is 0. The van der Waals surface area contributed by atoms with Crippen molar-refractivity contribution in [3.63, 3.8) is 0 Å². The molecule has 8 aromatic carbocycles. The Hall–Kier alpha value is -7.21. The van der Waals surface area contributed by atoms with E-state index in [2.05, 4.69) is 42.5 Å². The molecule has 4 nitrogen and oxygen atoms in total. The molecule has 5 heteroatoms. The quantitative estimate of drug-likeness (QED) is 0.170. The second-order valence-corrected chi connectivity index (χ2v) is 14.5. The van der Waals surface area contributed by atoms with E-state index in [1.807, 2.05) is 83.4 Å². The molecule has 0 radical (unpaired) electrons. The summed E-state index contributed by atoms with van der Waals surface area (Å²) in [5.41, 5.74) is 5.85. The van der Waals surface area contributed by atoms with Gasteiger partial charge in [0.1, 0.15) is 0 Å². The standard InChI is InChI=1S/C51H32N4S/c1-3-13-33(14-4-1)37-28-30-46-43(31-37)40-18-8-11-21-45(40)55(46)44-20-10-7-17-39(44)34-23-25-36(26-24-34)50-52-49(35-15-5-2-6-16-35)53-51(54-50)38-27-29-42-41-19-9-12-22-47(41)56-48(42)32-38/h1-32H/i1D,3D,4D,8D,11D,13D,14D,18D,21D. The van der Waals surface area contributed by atoms with Crippen LogP contribution in [-0.2, 0) is 0 Å². The Morgan fingerprint density at radius 1 is 0.393 bits per heavy atom. The molecule has 0 aliphatic heterocycles. The van der Waals surface area contributed by atoms with Crippen LogP contribution >= 0.6 is 11.3 Å². The molecular weight excluding hydrogens is 701 g/mol. The van der Waals surface area contributed by atoms with Gasteiger partial charge in [0.2, 0.25) is 0 Å². The zero-order valence-corrected chi connectivity index (χ0v) is 30.3. The lowest BCUT2D eigenvalue weighted by molar-refractivity contribution is 1.07. The van der Waals surface area contributed by atoms with Crippen molar-refractivity contribution in [2.75, 3.05) is 0 Å². The molecule has 3 aromatic heterocycles. The maximum absolute atomic E-state index is 9.18. The zero-order chi connectivity index (χ0) is 44.8. The van der Waals surface area contributed by atoms with Crippen LogP contribution in [0, 0.1) is 0 Å². The lowest BCUT2D eigenvalue weighted by Gasteiger charge is -2.15. The van der Waals surface area contributed by atoms with Gasteiger partial charge in [-0.15, -0.1) is 11.3 Å². The Morgan fingerprint density at radius 3 is 1.86 bits per heavy atom. The van der Waals surface area contributed by atoms with Gasteiger partial charge < -0.3 is 4.57 Å². The van der Waals surface area contributed by atoms with E-state index in [1.54, 1.807) is 29.5 Å². The highest BCUT2D eigenvalue weighted by atomic mass is 32.1. The molecule has 11 aromatic rings. The van der Waals surface area contributed by atoms with E-state index in [4.69, 9.17) is 25.9 Å². The molecule has 262 valence electrons. The SMILES string of the molecule is [2H]c1c([2H])c([2H])c(-c2ccc3c(c2)c2c([2H])c([2H])c([2H])c([2H])c2n3-c2ccccc2-c2ccc(-c3nc(-c4ccccc4)nc(-c4ccc5c(c4)sc4ccccc45)n3)cc2)c([2H])c1[2H]. The summed E-state index contributed by atoms with van der Waals surface area (Å²) in [7, 11) is 0. The first-order chi connectivity index (χ1) is 31.5. The van der Waals surface area contributed by atoms with Crippen molar-refractivity contribution in [1.29, 1.82) is 0 Å². The summed E-state index contributed by atoms with van der Waals surface area (Å²) in [4.78, 5) is 15.0. The predicted octanol–water partition coefficient (Wildman–Crippen LogP) is 13.7. The Morgan fingerprint density at radius 2 is 1.02 bits per heavy atom. The van der Waals surface area contributed by atoms with Crippen LogP contribution in [0.1, 0.15) is 12.3 Å². The number of fused-ring (bicyclic) bond motifs is 6. The van der Waals surface area contributed by atoms with E-state index in [0.29, 0.717) is 39.6 Å². The van der Waals surface area contributed by atoms with Crippen LogP contribution in [-0.4, -0.2) is 19.5 Å². The number of hydrogen-bond donors (Lipinski definition) is 0. The van der Waals surface area contributed by atoms with Gasteiger partial charge in [0.25, 0.3) is 0 Å². The van der Waals surface area contributed by atoms with E-state index in [0.717, 1.165) is 32.5 Å². The molecule has 0 aliphatic rings. The number of aromatic nitrogens is 4. The smallest absolute Gasteiger partial charge is 0.164 e. The first kappa shape index (κ1) is 24.2. The Kier molecular flexibility index (Phi) is 5.75. The molecule has 0 atom stereocenters. The summed E-state index contributed by atoms with van der Waals surface area (Å²) >= 11 is 1.73. The highest BCUT2D eigenvalue weighted by Crippen LogP contribution is 2.39.